The van der Waals surface area contributed by atoms with Crippen molar-refractivity contribution in [2.75, 3.05) is 19.7 Å². The fourth-order valence-electron chi connectivity index (χ4n) is 2.12. The zero-order chi connectivity index (χ0) is 18.8. The lowest BCUT2D eigenvalue weighted by atomic mass is 10.1. The van der Waals surface area contributed by atoms with Crippen molar-refractivity contribution in [3.63, 3.8) is 0 Å². The van der Waals surface area contributed by atoms with Crippen molar-refractivity contribution in [2.24, 2.45) is 0 Å². The number of benzene rings is 1. The van der Waals surface area contributed by atoms with Crippen LogP contribution in [0.4, 0.5) is 0 Å². The molecule has 0 unspecified atom stereocenters. The third-order valence-electron chi connectivity index (χ3n) is 3.40. The third-order valence-corrected chi connectivity index (χ3v) is 3.40. The monoisotopic (exact) mass is 360 g/mol. The summed E-state index contributed by atoms with van der Waals surface area (Å²) in [7, 11) is 0. The number of aliphatic carboxylic acids is 1. The zero-order valence-electron chi connectivity index (χ0n) is 14.1. The molecule has 0 fully saturated rings. The zero-order valence-corrected chi connectivity index (χ0v) is 14.1. The van der Waals surface area contributed by atoms with Gasteiger partial charge in [0.25, 0.3) is 5.91 Å². The molecule has 2 rings (SSSR count). The molecule has 1 aromatic heterocycles. The number of carboxylic acids is 1. The molecule has 0 aliphatic carbocycles. The first-order chi connectivity index (χ1) is 12.5. The molecule has 0 spiro atoms. The van der Waals surface area contributed by atoms with Crippen LogP contribution in [0.15, 0.2) is 47.1 Å². The van der Waals surface area contributed by atoms with Gasteiger partial charge in [0.05, 0.1) is 6.26 Å². The Bertz CT molecular complexity index is 725. The topological polar surface area (TPSA) is 118 Å². The summed E-state index contributed by atoms with van der Waals surface area (Å²) in [6.07, 6.45) is 2.21. The summed E-state index contributed by atoms with van der Waals surface area (Å²) < 4.78 is 10.00. The predicted molar refractivity (Wildman–Crippen MR) is 91.9 cm³/mol. The number of amides is 2. The van der Waals surface area contributed by atoms with Crippen LogP contribution in [0.1, 0.15) is 22.5 Å². The molecule has 2 amide bonds. The fraction of sp³-hybridized carbons (Fsp3) is 0.278. The Morgan fingerprint density at radius 2 is 1.81 bits per heavy atom. The van der Waals surface area contributed by atoms with Crippen LogP contribution in [0.3, 0.4) is 0 Å². The van der Waals surface area contributed by atoms with Crippen molar-refractivity contribution in [3.05, 3.63) is 54.0 Å². The lowest BCUT2D eigenvalue weighted by molar-refractivity contribution is -0.139. The van der Waals surface area contributed by atoms with Crippen LogP contribution in [0.25, 0.3) is 0 Å². The van der Waals surface area contributed by atoms with Gasteiger partial charge in [0.1, 0.15) is 5.75 Å². The molecular formula is C18H20N2O6. The van der Waals surface area contributed by atoms with Crippen molar-refractivity contribution >= 4 is 17.8 Å². The van der Waals surface area contributed by atoms with E-state index in [2.05, 4.69) is 10.6 Å². The highest BCUT2D eigenvalue weighted by Crippen LogP contribution is 2.12. The Morgan fingerprint density at radius 3 is 2.46 bits per heavy atom. The van der Waals surface area contributed by atoms with E-state index in [9.17, 15) is 14.4 Å². The van der Waals surface area contributed by atoms with Gasteiger partial charge < -0.3 is 24.9 Å². The maximum atomic E-state index is 11.7. The average molecular weight is 360 g/mol. The Hall–Kier alpha value is -3.29. The number of hydrogen-bond acceptors (Lipinski definition) is 5. The van der Waals surface area contributed by atoms with E-state index < -0.39 is 5.97 Å². The van der Waals surface area contributed by atoms with Crippen LogP contribution >= 0.6 is 0 Å². The highest BCUT2D eigenvalue weighted by molar-refractivity contribution is 5.91. The second-order valence-electron chi connectivity index (χ2n) is 5.41. The quantitative estimate of drug-likeness (QED) is 0.586. The van der Waals surface area contributed by atoms with E-state index in [1.165, 1.54) is 6.26 Å². The van der Waals surface area contributed by atoms with Gasteiger partial charge in [0.15, 0.2) is 12.4 Å². The number of rotatable bonds is 10. The van der Waals surface area contributed by atoms with Crippen LogP contribution < -0.4 is 15.4 Å². The molecule has 8 heteroatoms. The Morgan fingerprint density at radius 1 is 1.04 bits per heavy atom. The minimum absolute atomic E-state index is 0.161. The van der Waals surface area contributed by atoms with Gasteiger partial charge in [-0.2, -0.15) is 0 Å². The second kappa shape index (κ2) is 9.87. The highest BCUT2D eigenvalue weighted by Gasteiger charge is 2.08. The van der Waals surface area contributed by atoms with Gasteiger partial charge in [0, 0.05) is 19.5 Å². The summed E-state index contributed by atoms with van der Waals surface area (Å²) >= 11 is 0. The lowest BCUT2D eigenvalue weighted by Crippen LogP contribution is -2.31. The first-order valence-corrected chi connectivity index (χ1v) is 8.06. The van der Waals surface area contributed by atoms with E-state index in [4.69, 9.17) is 14.3 Å². The van der Waals surface area contributed by atoms with Crippen molar-refractivity contribution in [2.45, 2.75) is 12.8 Å². The first kappa shape index (κ1) is 19.0. The predicted octanol–water partition coefficient (Wildman–Crippen LogP) is 1.22. The second-order valence-corrected chi connectivity index (χ2v) is 5.41. The van der Waals surface area contributed by atoms with E-state index in [0.717, 1.165) is 5.56 Å². The molecule has 0 atom stereocenters. The van der Waals surface area contributed by atoms with Crippen LogP contribution in [-0.4, -0.2) is 42.6 Å². The summed E-state index contributed by atoms with van der Waals surface area (Å²) in [5.74, 6) is -0.857. The van der Waals surface area contributed by atoms with E-state index in [1.807, 2.05) is 12.1 Å². The SMILES string of the molecule is O=C(O)COc1ccc(CCNC(=O)CCNC(=O)c2ccco2)cc1. The van der Waals surface area contributed by atoms with Gasteiger partial charge in [-0.3, -0.25) is 9.59 Å². The van der Waals surface area contributed by atoms with Crippen molar-refractivity contribution in [1.82, 2.24) is 10.6 Å². The number of ether oxygens (including phenoxy) is 1. The molecule has 1 aromatic carbocycles. The van der Waals surface area contributed by atoms with Crippen LogP contribution in [0, 0.1) is 0 Å². The average Bonchev–Trinajstić information content (AvgIpc) is 3.15. The third kappa shape index (κ3) is 6.68. The minimum Gasteiger partial charge on any atom is -0.482 e. The summed E-state index contributed by atoms with van der Waals surface area (Å²) in [5, 5.41) is 13.9. The van der Waals surface area contributed by atoms with Gasteiger partial charge in [-0.05, 0) is 36.2 Å². The molecule has 1 heterocycles. The van der Waals surface area contributed by atoms with Crippen molar-refractivity contribution < 1.29 is 28.6 Å². The molecule has 0 saturated heterocycles. The van der Waals surface area contributed by atoms with Crippen LogP contribution in [-0.2, 0) is 16.0 Å². The Balaban J connectivity index is 1.60. The smallest absolute Gasteiger partial charge is 0.341 e. The van der Waals surface area contributed by atoms with Gasteiger partial charge in [0.2, 0.25) is 5.91 Å². The first-order valence-electron chi connectivity index (χ1n) is 8.06. The number of carbonyl (C=O) groups is 3. The Labute approximate surface area is 150 Å². The lowest BCUT2D eigenvalue weighted by Gasteiger charge is -2.07. The minimum atomic E-state index is -1.03. The number of hydrogen-bond donors (Lipinski definition) is 3. The molecule has 138 valence electrons. The van der Waals surface area contributed by atoms with Crippen molar-refractivity contribution in [1.29, 1.82) is 0 Å². The van der Waals surface area contributed by atoms with Gasteiger partial charge in [-0.15, -0.1) is 0 Å². The van der Waals surface area contributed by atoms with Gasteiger partial charge in [-0.1, -0.05) is 12.1 Å². The summed E-state index contributed by atoms with van der Waals surface area (Å²) in [5.41, 5.74) is 0.985. The van der Waals surface area contributed by atoms with E-state index >= 15 is 0 Å². The van der Waals surface area contributed by atoms with Crippen LogP contribution in [0.2, 0.25) is 0 Å². The molecule has 0 radical (unpaired) electrons. The normalized spacial score (nSPS) is 10.2. The fourth-order valence-corrected chi connectivity index (χ4v) is 2.12. The van der Waals surface area contributed by atoms with Gasteiger partial charge >= 0.3 is 5.97 Å². The largest absolute Gasteiger partial charge is 0.482 e. The number of furan rings is 1. The highest BCUT2D eigenvalue weighted by atomic mass is 16.5. The number of carboxylic acid groups (broad SMARTS) is 1. The molecular weight excluding hydrogens is 340 g/mol. The standard InChI is InChI=1S/C18H20N2O6/c21-16(8-10-20-18(24)15-2-1-11-25-15)19-9-7-13-3-5-14(6-4-13)26-12-17(22)23/h1-6,11H,7-10,12H2,(H,19,21)(H,20,24)(H,22,23). The molecule has 0 aliphatic rings. The molecule has 0 aliphatic heterocycles. The van der Waals surface area contributed by atoms with Gasteiger partial charge in [-0.25, -0.2) is 4.79 Å². The van der Waals surface area contributed by atoms with Crippen LogP contribution in [0.5, 0.6) is 5.75 Å². The van der Waals surface area contributed by atoms with Crippen molar-refractivity contribution in [3.8, 4) is 5.75 Å². The summed E-state index contributed by atoms with van der Waals surface area (Å²) in [6, 6.07) is 10.2. The Kier molecular flexibility index (Phi) is 7.23. The van der Waals surface area contributed by atoms with E-state index in [0.29, 0.717) is 18.7 Å². The number of nitrogens with one attached hydrogen (secondary N) is 2. The molecule has 8 nitrogen and oxygen atoms in total. The van der Waals surface area contributed by atoms with E-state index in [-0.39, 0.29) is 37.1 Å². The number of carbonyl (C=O) groups excluding carboxylic acids is 2. The molecule has 26 heavy (non-hydrogen) atoms. The molecule has 2 aromatic rings. The molecule has 0 bridgehead atoms. The molecule has 3 N–H and O–H groups in total. The summed E-state index contributed by atoms with van der Waals surface area (Å²) in [6.45, 7) is 0.299. The maximum Gasteiger partial charge on any atom is 0.341 e. The molecule has 0 saturated carbocycles. The summed E-state index contributed by atoms with van der Waals surface area (Å²) in [4.78, 5) is 33.8. The van der Waals surface area contributed by atoms with E-state index in [1.54, 1.807) is 24.3 Å². The maximum absolute atomic E-state index is 11.7.